The fourth-order valence-electron chi connectivity index (χ4n) is 1.91. The topological polar surface area (TPSA) is 54.9 Å². The maximum atomic E-state index is 5.62. The van der Waals surface area contributed by atoms with Crippen molar-refractivity contribution in [3.63, 3.8) is 0 Å². The molecule has 0 saturated carbocycles. The number of halogens is 1. The molecule has 2 N–H and O–H groups in total. The summed E-state index contributed by atoms with van der Waals surface area (Å²) in [5.74, 6) is 0.819. The predicted octanol–water partition coefficient (Wildman–Crippen LogP) is 2.80. The molecule has 0 amide bonds. The fraction of sp³-hybridized carbons (Fsp3) is 0.588. The van der Waals surface area contributed by atoms with Crippen molar-refractivity contribution >= 4 is 29.9 Å². The molecule has 0 saturated heterocycles. The molecule has 0 aromatic heterocycles. The van der Waals surface area contributed by atoms with Gasteiger partial charge in [0.25, 0.3) is 0 Å². The van der Waals surface area contributed by atoms with Crippen LogP contribution in [0, 0.1) is 0 Å². The minimum atomic E-state index is 0. The van der Waals surface area contributed by atoms with Gasteiger partial charge < -0.3 is 20.1 Å². The number of nitrogens with zero attached hydrogens (tertiary/aromatic N) is 1. The Morgan fingerprint density at radius 2 is 1.74 bits per heavy atom. The summed E-state index contributed by atoms with van der Waals surface area (Å²) in [5.41, 5.74) is 1.19. The second-order valence-electron chi connectivity index (χ2n) is 4.87. The highest BCUT2D eigenvalue weighted by molar-refractivity contribution is 14.0. The Morgan fingerprint density at radius 1 is 1.00 bits per heavy atom. The predicted molar refractivity (Wildman–Crippen MR) is 107 cm³/mol. The molecular formula is C17H30IN3O2. The van der Waals surface area contributed by atoms with Crippen molar-refractivity contribution in [2.24, 2.45) is 4.99 Å². The number of unbranched alkanes of at least 4 members (excludes halogenated alkanes) is 1. The van der Waals surface area contributed by atoms with E-state index < -0.39 is 0 Å². The van der Waals surface area contributed by atoms with Crippen LogP contribution in [0.1, 0.15) is 25.3 Å². The molecule has 0 aliphatic heterocycles. The largest absolute Gasteiger partial charge is 0.382 e. The minimum Gasteiger partial charge on any atom is -0.382 e. The molecule has 1 rings (SSSR count). The Labute approximate surface area is 157 Å². The number of aliphatic imine (C=N–C) groups is 1. The lowest BCUT2D eigenvalue weighted by molar-refractivity contribution is 0.125. The normalized spacial score (nSPS) is 11.0. The van der Waals surface area contributed by atoms with Gasteiger partial charge in [-0.2, -0.15) is 0 Å². The quantitative estimate of drug-likeness (QED) is 0.243. The molecule has 5 nitrogen and oxygen atoms in total. The number of nitrogens with one attached hydrogen (secondary N) is 2. The van der Waals surface area contributed by atoms with E-state index in [9.17, 15) is 0 Å². The Morgan fingerprint density at radius 3 is 2.43 bits per heavy atom. The highest BCUT2D eigenvalue weighted by atomic mass is 127. The highest BCUT2D eigenvalue weighted by Crippen LogP contribution is 1.99. The van der Waals surface area contributed by atoms with Gasteiger partial charge in [0, 0.05) is 33.4 Å². The molecule has 6 heteroatoms. The van der Waals surface area contributed by atoms with E-state index in [1.54, 1.807) is 7.05 Å². The number of hydrogen-bond donors (Lipinski definition) is 2. The van der Waals surface area contributed by atoms with Gasteiger partial charge in [-0.3, -0.25) is 4.99 Å². The van der Waals surface area contributed by atoms with Crippen molar-refractivity contribution in [3.8, 4) is 0 Å². The first-order valence-corrected chi connectivity index (χ1v) is 8.00. The van der Waals surface area contributed by atoms with E-state index in [2.05, 4.69) is 27.8 Å². The van der Waals surface area contributed by atoms with Crippen LogP contribution in [0.25, 0.3) is 0 Å². The van der Waals surface area contributed by atoms with E-state index in [0.717, 1.165) is 45.1 Å². The molecule has 0 fully saturated rings. The van der Waals surface area contributed by atoms with Crippen molar-refractivity contribution in [1.29, 1.82) is 0 Å². The number of benzene rings is 1. The van der Waals surface area contributed by atoms with Gasteiger partial charge in [0.2, 0.25) is 0 Å². The zero-order valence-electron chi connectivity index (χ0n) is 14.2. The van der Waals surface area contributed by atoms with E-state index in [1.807, 2.05) is 25.1 Å². The maximum absolute atomic E-state index is 5.62. The molecule has 0 bridgehead atoms. The second kappa shape index (κ2) is 16.0. The van der Waals surface area contributed by atoms with Crippen LogP contribution < -0.4 is 10.6 Å². The average Bonchev–Trinajstić information content (AvgIpc) is 2.56. The molecule has 0 atom stereocenters. The molecule has 1 aromatic carbocycles. The van der Waals surface area contributed by atoms with Crippen LogP contribution in [-0.2, 0) is 16.1 Å². The van der Waals surface area contributed by atoms with Gasteiger partial charge >= 0.3 is 0 Å². The van der Waals surface area contributed by atoms with Gasteiger partial charge in [-0.15, -0.1) is 24.0 Å². The van der Waals surface area contributed by atoms with Crippen molar-refractivity contribution in [1.82, 2.24) is 10.6 Å². The third-order valence-corrected chi connectivity index (χ3v) is 3.09. The van der Waals surface area contributed by atoms with E-state index >= 15 is 0 Å². The summed E-state index contributed by atoms with van der Waals surface area (Å²) in [6, 6.07) is 10.2. The molecule has 0 aliphatic rings. The van der Waals surface area contributed by atoms with Crippen LogP contribution in [0.4, 0.5) is 0 Å². The SMILES string of the molecule is CCOCCCCNC(=NC)NCCOCc1ccccc1.I. The lowest BCUT2D eigenvalue weighted by Gasteiger charge is -2.12. The number of hydrogen-bond acceptors (Lipinski definition) is 3. The third kappa shape index (κ3) is 12.3. The number of guanidine groups is 1. The molecule has 0 unspecified atom stereocenters. The first kappa shape index (κ1) is 22.1. The maximum Gasteiger partial charge on any atom is 0.191 e. The lowest BCUT2D eigenvalue weighted by atomic mass is 10.2. The van der Waals surface area contributed by atoms with Crippen LogP contribution in [0.5, 0.6) is 0 Å². The summed E-state index contributed by atoms with van der Waals surface area (Å²) >= 11 is 0. The van der Waals surface area contributed by atoms with Gasteiger partial charge in [-0.25, -0.2) is 0 Å². The van der Waals surface area contributed by atoms with Gasteiger partial charge in [0.1, 0.15) is 0 Å². The minimum absolute atomic E-state index is 0. The highest BCUT2D eigenvalue weighted by Gasteiger charge is 1.97. The van der Waals surface area contributed by atoms with Crippen LogP contribution >= 0.6 is 24.0 Å². The average molecular weight is 435 g/mol. The molecule has 132 valence electrons. The van der Waals surface area contributed by atoms with E-state index in [4.69, 9.17) is 9.47 Å². The van der Waals surface area contributed by atoms with E-state index in [-0.39, 0.29) is 24.0 Å². The second-order valence-corrected chi connectivity index (χ2v) is 4.87. The molecule has 1 aromatic rings. The van der Waals surface area contributed by atoms with Crippen LogP contribution in [0.15, 0.2) is 35.3 Å². The van der Waals surface area contributed by atoms with Gasteiger partial charge in [-0.1, -0.05) is 30.3 Å². The summed E-state index contributed by atoms with van der Waals surface area (Å²) in [6.07, 6.45) is 2.14. The summed E-state index contributed by atoms with van der Waals surface area (Å²) in [7, 11) is 1.78. The monoisotopic (exact) mass is 435 g/mol. The van der Waals surface area contributed by atoms with Gasteiger partial charge in [0.15, 0.2) is 5.96 Å². The summed E-state index contributed by atoms with van der Waals surface area (Å²) in [5, 5.41) is 6.52. The van der Waals surface area contributed by atoms with Gasteiger partial charge in [0.05, 0.1) is 13.2 Å². The van der Waals surface area contributed by atoms with Crippen molar-refractivity contribution in [2.75, 3.05) is 40.0 Å². The molecule has 0 radical (unpaired) electrons. The van der Waals surface area contributed by atoms with Crippen molar-refractivity contribution < 1.29 is 9.47 Å². The van der Waals surface area contributed by atoms with Crippen LogP contribution in [-0.4, -0.2) is 45.9 Å². The molecule has 0 spiro atoms. The van der Waals surface area contributed by atoms with Gasteiger partial charge in [-0.05, 0) is 25.3 Å². The van der Waals surface area contributed by atoms with E-state index in [0.29, 0.717) is 13.2 Å². The Bertz CT molecular complexity index is 402. The zero-order chi connectivity index (χ0) is 15.9. The van der Waals surface area contributed by atoms with Crippen LogP contribution in [0.2, 0.25) is 0 Å². The Hall–Kier alpha value is -0.860. The van der Waals surface area contributed by atoms with Crippen molar-refractivity contribution in [2.45, 2.75) is 26.4 Å². The Balaban J connectivity index is 0.00000484. The first-order valence-electron chi connectivity index (χ1n) is 8.00. The smallest absolute Gasteiger partial charge is 0.191 e. The molecule has 0 aliphatic carbocycles. The lowest BCUT2D eigenvalue weighted by Crippen LogP contribution is -2.39. The molecular weight excluding hydrogens is 405 g/mol. The Kier molecular flexibility index (Phi) is 15.4. The first-order chi connectivity index (χ1) is 10.9. The number of ether oxygens (including phenoxy) is 2. The standard InChI is InChI=1S/C17H29N3O2.HI/c1-3-21-13-8-7-11-19-17(18-2)20-12-14-22-15-16-9-5-4-6-10-16;/h4-6,9-10H,3,7-8,11-15H2,1-2H3,(H2,18,19,20);1H. The van der Waals surface area contributed by atoms with Crippen LogP contribution in [0.3, 0.4) is 0 Å². The summed E-state index contributed by atoms with van der Waals surface area (Å²) < 4.78 is 10.9. The zero-order valence-corrected chi connectivity index (χ0v) is 16.5. The molecule has 23 heavy (non-hydrogen) atoms. The third-order valence-electron chi connectivity index (χ3n) is 3.09. The fourth-order valence-corrected chi connectivity index (χ4v) is 1.91. The molecule has 0 heterocycles. The summed E-state index contributed by atoms with van der Waals surface area (Å²) in [4.78, 5) is 4.19. The summed E-state index contributed by atoms with van der Waals surface area (Å²) in [6.45, 7) is 6.58. The van der Waals surface area contributed by atoms with E-state index in [1.165, 1.54) is 5.56 Å². The van der Waals surface area contributed by atoms with Crippen molar-refractivity contribution in [3.05, 3.63) is 35.9 Å². The number of rotatable bonds is 11.